The first kappa shape index (κ1) is 23.9. The van der Waals surface area contributed by atoms with E-state index in [1.54, 1.807) is 4.52 Å². The van der Waals surface area contributed by atoms with Crippen molar-refractivity contribution >= 4 is 23.4 Å². The van der Waals surface area contributed by atoms with Crippen LogP contribution >= 0.6 is 11.8 Å². The van der Waals surface area contributed by atoms with Gasteiger partial charge in [-0.1, -0.05) is 59.8 Å². The van der Waals surface area contributed by atoms with Gasteiger partial charge in [-0.25, -0.2) is 9.50 Å². The third-order valence-corrected chi connectivity index (χ3v) is 6.65. The number of nitrogens with zero attached hydrogens (tertiary/aromatic N) is 5. The molecular weight excluding hydrogens is 444 g/mol. The number of thioether (sulfide) groups is 1. The largest absolute Gasteiger partial charge is 0.350 e. The Kier molecular flexibility index (Phi) is 7.29. The van der Waals surface area contributed by atoms with Crippen LogP contribution in [-0.4, -0.2) is 51.0 Å². The van der Waals surface area contributed by atoms with Crippen LogP contribution in [0.4, 0.5) is 0 Å². The Balaban J connectivity index is 1.45. The minimum Gasteiger partial charge on any atom is -0.350 e. The fraction of sp³-hybridized carbons (Fsp3) is 0.308. The standard InChI is InChI=1S/C26H30N6OS/c1-17-10-12-20(13-11-17)23(31(4)5)15-27-24(33)22-9-7-6-8-21(22)16-34-26-29-25-28-18(2)14-19(3)32(25)30-26/h6-14,23H,15-16H2,1-5H3,(H,27,33). The Labute approximate surface area is 204 Å². The molecular formula is C26H30N6OS. The number of hydrogen-bond donors (Lipinski definition) is 1. The molecule has 0 spiro atoms. The number of hydrogen-bond acceptors (Lipinski definition) is 6. The second-order valence-electron chi connectivity index (χ2n) is 8.69. The van der Waals surface area contributed by atoms with Gasteiger partial charge >= 0.3 is 0 Å². The van der Waals surface area contributed by atoms with E-state index < -0.39 is 0 Å². The van der Waals surface area contributed by atoms with Crippen molar-refractivity contribution in [3.63, 3.8) is 0 Å². The Morgan fingerprint density at radius 1 is 1.06 bits per heavy atom. The van der Waals surface area contributed by atoms with E-state index in [-0.39, 0.29) is 11.9 Å². The Hall–Kier alpha value is -3.23. The van der Waals surface area contributed by atoms with E-state index in [1.807, 2.05) is 58.3 Å². The molecule has 34 heavy (non-hydrogen) atoms. The van der Waals surface area contributed by atoms with Crippen molar-refractivity contribution in [3.05, 3.63) is 88.2 Å². The van der Waals surface area contributed by atoms with Crippen molar-refractivity contribution in [1.29, 1.82) is 0 Å². The van der Waals surface area contributed by atoms with Gasteiger partial charge in [-0.2, -0.15) is 4.98 Å². The SMILES string of the molecule is Cc1ccc(C(CNC(=O)c2ccccc2CSc2nc3nc(C)cc(C)n3n2)N(C)C)cc1. The topological polar surface area (TPSA) is 75.4 Å². The molecule has 0 aliphatic heterocycles. The van der Waals surface area contributed by atoms with Crippen molar-refractivity contribution in [1.82, 2.24) is 29.8 Å². The van der Waals surface area contributed by atoms with Crippen LogP contribution in [0.5, 0.6) is 0 Å². The molecule has 2 aromatic heterocycles. The molecule has 0 fully saturated rings. The van der Waals surface area contributed by atoms with Crippen LogP contribution in [0.1, 0.15) is 44.5 Å². The monoisotopic (exact) mass is 474 g/mol. The minimum absolute atomic E-state index is 0.0775. The summed E-state index contributed by atoms with van der Waals surface area (Å²) in [7, 11) is 4.06. The van der Waals surface area contributed by atoms with E-state index in [1.165, 1.54) is 22.9 Å². The van der Waals surface area contributed by atoms with E-state index >= 15 is 0 Å². The molecule has 1 amide bonds. The first-order valence-corrected chi connectivity index (χ1v) is 12.2. The molecule has 0 saturated carbocycles. The van der Waals surface area contributed by atoms with Crippen molar-refractivity contribution < 1.29 is 4.79 Å². The van der Waals surface area contributed by atoms with Crippen LogP contribution in [-0.2, 0) is 5.75 Å². The fourth-order valence-electron chi connectivity index (χ4n) is 3.89. The summed E-state index contributed by atoms with van der Waals surface area (Å²) < 4.78 is 1.75. The number of aryl methyl sites for hydroxylation is 3. The molecule has 4 rings (SSSR count). The number of fused-ring (bicyclic) bond motifs is 1. The first-order valence-electron chi connectivity index (χ1n) is 11.2. The molecule has 8 heteroatoms. The van der Waals surface area contributed by atoms with Crippen LogP contribution in [0, 0.1) is 20.8 Å². The van der Waals surface area contributed by atoms with Gasteiger partial charge in [0.2, 0.25) is 5.16 Å². The maximum absolute atomic E-state index is 13.1. The lowest BCUT2D eigenvalue weighted by Crippen LogP contribution is -2.34. The zero-order valence-electron chi connectivity index (χ0n) is 20.2. The predicted octanol–water partition coefficient (Wildman–Crippen LogP) is 4.37. The summed E-state index contributed by atoms with van der Waals surface area (Å²) in [5.41, 5.74) is 5.92. The van der Waals surface area contributed by atoms with Crippen molar-refractivity contribution in [2.24, 2.45) is 0 Å². The van der Waals surface area contributed by atoms with E-state index in [9.17, 15) is 4.79 Å². The highest BCUT2D eigenvalue weighted by molar-refractivity contribution is 7.98. The molecule has 0 saturated heterocycles. The van der Waals surface area contributed by atoms with Gasteiger partial charge in [-0.15, -0.1) is 5.10 Å². The highest BCUT2D eigenvalue weighted by Crippen LogP contribution is 2.23. The maximum atomic E-state index is 13.1. The maximum Gasteiger partial charge on any atom is 0.253 e. The molecule has 1 unspecified atom stereocenters. The van der Waals surface area contributed by atoms with Gasteiger partial charge in [0.05, 0.1) is 6.04 Å². The van der Waals surface area contributed by atoms with Crippen LogP contribution in [0.2, 0.25) is 0 Å². The molecule has 7 nitrogen and oxygen atoms in total. The lowest BCUT2D eigenvalue weighted by atomic mass is 10.0. The minimum atomic E-state index is -0.0775. The highest BCUT2D eigenvalue weighted by Gasteiger charge is 2.18. The quantitative estimate of drug-likeness (QED) is 0.382. The third-order valence-electron chi connectivity index (χ3n) is 5.76. The highest BCUT2D eigenvalue weighted by atomic mass is 32.2. The average molecular weight is 475 g/mol. The van der Waals surface area contributed by atoms with E-state index in [0.717, 1.165) is 17.0 Å². The number of carbonyl (C=O) groups is 1. The van der Waals surface area contributed by atoms with Gasteiger partial charge in [0, 0.05) is 29.2 Å². The molecule has 4 aromatic rings. The summed E-state index contributed by atoms with van der Waals surface area (Å²) in [4.78, 5) is 24.2. The summed E-state index contributed by atoms with van der Waals surface area (Å²) in [5.74, 6) is 1.11. The zero-order valence-corrected chi connectivity index (χ0v) is 21.1. The fourth-order valence-corrected chi connectivity index (χ4v) is 4.71. The van der Waals surface area contributed by atoms with E-state index in [4.69, 9.17) is 0 Å². The molecule has 0 radical (unpaired) electrons. The lowest BCUT2D eigenvalue weighted by Gasteiger charge is -2.25. The molecule has 2 aromatic carbocycles. The number of benzene rings is 2. The molecule has 1 atom stereocenters. The summed E-state index contributed by atoms with van der Waals surface area (Å²) >= 11 is 1.50. The Morgan fingerprint density at radius 3 is 2.53 bits per heavy atom. The van der Waals surface area contributed by atoms with Crippen LogP contribution in [0.25, 0.3) is 5.78 Å². The Morgan fingerprint density at radius 2 is 1.79 bits per heavy atom. The summed E-state index contributed by atoms with van der Waals surface area (Å²) in [5, 5.41) is 8.34. The number of likely N-dealkylation sites (N-methyl/N-ethyl adjacent to an activating group) is 1. The number of amides is 1. The number of aromatic nitrogens is 4. The second-order valence-corrected chi connectivity index (χ2v) is 9.63. The van der Waals surface area contributed by atoms with Gasteiger partial charge in [-0.3, -0.25) is 4.79 Å². The molecule has 0 bridgehead atoms. The van der Waals surface area contributed by atoms with Gasteiger partial charge in [0.1, 0.15) is 0 Å². The van der Waals surface area contributed by atoms with Gasteiger partial charge in [0.25, 0.3) is 11.7 Å². The summed E-state index contributed by atoms with van der Waals surface area (Å²) in [6, 6.07) is 18.2. The van der Waals surface area contributed by atoms with Crippen molar-refractivity contribution in [2.45, 2.75) is 37.7 Å². The summed E-state index contributed by atoms with van der Waals surface area (Å²) in [6.07, 6.45) is 0. The van der Waals surface area contributed by atoms with Crippen molar-refractivity contribution in [2.75, 3.05) is 20.6 Å². The molecule has 0 aliphatic carbocycles. The Bertz CT molecular complexity index is 1300. The number of carbonyl (C=O) groups excluding carboxylic acids is 1. The first-order chi connectivity index (χ1) is 16.3. The van der Waals surface area contributed by atoms with E-state index in [2.05, 4.69) is 56.5 Å². The average Bonchev–Trinajstić information content (AvgIpc) is 3.22. The second kappa shape index (κ2) is 10.4. The molecule has 1 N–H and O–H groups in total. The van der Waals surface area contributed by atoms with Crippen LogP contribution < -0.4 is 5.32 Å². The lowest BCUT2D eigenvalue weighted by molar-refractivity contribution is 0.0941. The predicted molar refractivity (Wildman–Crippen MR) is 136 cm³/mol. The normalized spacial score (nSPS) is 12.3. The molecule has 176 valence electrons. The van der Waals surface area contributed by atoms with Crippen LogP contribution in [0.3, 0.4) is 0 Å². The number of rotatable bonds is 8. The van der Waals surface area contributed by atoms with Gasteiger partial charge in [0.15, 0.2) is 0 Å². The zero-order chi connectivity index (χ0) is 24.2. The molecule has 0 aliphatic rings. The van der Waals surface area contributed by atoms with E-state index in [0.29, 0.717) is 28.8 Å². The summed E-state index contributed by atoms with van der Waals surface area (Å²) in [6.45, 7) is 6.53. The van der Waals surface area contributed by atoms with Crippen molar-refractivity contribution in [3.8, 4) is 0 Å². The number of nitrogens with one attached hydrogen (secondary N) is 1. The smallest absolute Gasteiger partial charge is 0.253 e. The van der Waals surface area contributed by atoms with Gasteiger partial charge in [-0.05, 0) is 58.1 Å². The third kappa shape index (κ3) is 5.46. The van der Waals surface area contributed by atoms with Gasteiger partial charge < -0.3 is 10.2 Å². The van der Waals surface area contributed by atoms with Crippen LogP contribution in [0.15, 0.2) is 59.8 Å². The molecule has 2 heterocycles.